The fourth-order valence-corrected chi connectivity index (χ4v) is 1.92. The van der Waals surface area contributed by atoms with Crippen molar-refractivity contribution in [1.29, 1.82) is 0 Å². The van der Waals surface area contributed by atoms with Crippen LogP contribution >= 0.6 is 0 Å². The topological polar surface area (TPSA) is 50.7 Å². The van der Waals surface area contributed by atoms with E-state index in [0.29, 0.717) is 11.4 Å². The van der Waals surface area contributed by atoms with Crippen LogP contribution in [0, 0.1) is 0 Å². The molecule has 0 aliphatic carbocycles. The van der Waals surface area contributed by atoms with Gasteiger partial charge in [0.05, 0.1) is 14.2 Å². The van der Waals surface area contributed by atoms with Crippen LogP contribution in [0.2, 0.25) is 0 Å². The molecule has 0 aliphatic heterocycles. The molecule has 18 heavy (non-hydrogen) atoms. The van der Waals surface area contributed by atoms with E-state index in [1.165, 1.54) is 0 Å². The Labute approximate surface area is 106 Å². The van der Waals surface area contributed by atoms with Crippen molar-refractivity contribution in [2.24, 2.45) is 0 Å². The molecule has 0 saturated heterocycles. The summed E-state index contributed by atoms with van der Waals surface area (Å²) in [6.07, 6.45) is 0. The fraction of sp³-hybridized carbons (Fsp3) is 0.143. The van der Waals surface area contributed by atoms with Crippen molar-refractivity contribution in [1.82, 2.24) is 0 Å². The summed E-state index contributed by atoms with van der Waals surface area (Å²) in [5.41, 5.74) is 4.41. The lowest BCUT2D eigenvalue weighted by Crippen LogP contribution is -1.97. The largest absolute Gasteiger partial charge is 0.496 e. The second kappa shape index (κ2) is 5.42. The van der Waals surface area contributed by atoms with Crippen molar-refractivity contribution in [2.45, 2.75) is 0 Å². The molecule has 2 N–H and O–H groups in total. The monoisotopic (exact) mass is 245 g/mol. The molecule has 0 bridgehead atoms. The number of nitrogens with one attached hydrogen (secondary N) is 1. The maximum atomic E-state index is 9.09. The molecule has 0 radical (unpaired) electrons. The molecule has 4 nitrogen and oxygen atoms in total. The molecule has 0 aromatic heterocycles. The highest BCUT2D eigenvalue weighted by Gasteiger charge is 2.13. The summed E-state index contributed by atoms with van der Waals surface area (Å²) in [5.74, 6) is 1.33. The summed E-state index contributed by atoms with van der Waals surface area (Å²) in [6.45, 7) is 0. The molecule has 2 rings (SSSR count). The summed E-state index contributed by atoms with van der Waals surface area (Å²) in [7, 11) is 3.19. The summed E-state index contributed by atoms with van der Waals surface area (Å²) in [4.78, 5) is 0. The van der Waals surface area contributed by atoms with E-state index < -0.39 is 0 Å². The smallest absolute Gasteiger partial charge is 0.152 e. The summed E-state index contributed by atoms with van der Waals surface area (Å²) in [5, 5.41) is 9.09. The van der Waals surface area contributed by atoms with Crippen LogP contribution in [0.5, 0.6) is 11.5 Å². The molecule has 94 valence electrons. The number of anilines is 1. The van der Waals surface area contributed by atoms with Gasteiger partial charge in [0.2, 0.25) is 0 Å². The van der Waals surface area contributed by atoms with Crippen LogP contribution < -0.4 is 15.0 Å². The lowest BCUT2D eigenvalue weighted by molar-refractivity contribution is 0.373. The molecule has 0 spiro atoms. The maximum Gasteiger partial charge on any atom is 0.152 e. The number of para-hydroxylation sites is 2. The Kier molecular flexibility index (Phi) is 3.69. The highest BCUT2D eigenvalue weighted by atomic mass is 16.5. The SMILES string of the molecule is COc1ccccc1-c1cccc(NO)c1OC. The van der Waals surface area contributed by atoms with E-state index in [1.807, 2.05) is 36.4 Å². The van der Waals surface area contributed by atoms with Crippen molar-refractivity contribution in [3.05, 3.63) is 42.5 Å². The molecule has 0 fully saturated rings. The second-order valence-electron chi connectivity index (χ2n) is 3.70. The zero-order chi connectivity index (χ0) is 13.0. The minimum atomic E-state index is 0.515. The molecular weight excluding hydrogens is 230 g/mol. The van der Waals surface area contributed by atoms with E-state index in [2.05, 4.69) is 5.48 Å². The quantitative estimate of drug-likeness (QED) is 0.812. The van der Waals surface area contributed by atoms with Gasteiger partial charge in [0.1, 0.15) is 11.4 Å². The second-order valence-corrected chi connectivity index (χ2v) is 3.70. The Bertz CT molecular complexity index is 540. The average Bonchev–Trinajstić information content (AvgIpc) is 2.46. The first-order chi connectivity index (χ1) is 8.81. The Morgan fingerprint density at radius 2 is 1.61 bits per heavy atom. The zero-order valence-corrected chi connectivity index (χ0v) is 10.3. The first-order valence-corrected chi connectivity index (χ1v) is 5.52. The van der Waals surface area contributed by atoms with Gasteiger partial charge in [0.25, 0.3) is 0 Å². The predicted molar refractivity (Wildman–Crippen MR) is 70.4 cm³/mol. The number of ether oxygens (including phenoxy) is 2. The summed E-state index contributed by atoms with van der Waals surface area (Å²) in [6, 6.07) is 13.1. The third kappa shape index (κ3) is 2.10. The number of hydrogen-bond donors (Lipinski definition) is 2. The fourth-order valence-electron chi connectivity index (χ4n) is 1.92. The summed E-state index contributed by atoms with van der Waals surface area (Å²) >= 11 is 0. The first-order valence-electron chi connectivity index (χ1n) is 5.52. The molecule has 0 heterocycles. The normalized spacial score (nSPS) is 9.94. The van der Waals surface area contributed by atoms with Crippen LogP contribution in [0.4, 0.5) is 5.69 Å². The van der Waals surface area contributed by atoms with Gasteiger partial charge in [-0.1, -0.05) is 30.3 Å². The zero-order valence-electron chi connectivity index (χ0n) is 10.3. The predicted octanol–water partition coefficient (Wildman–Crippen LogP) is 3.17. The molecule has 4 heteroatoms. The van der Waals surface area contributed by atoms with Gasteiger partial charge in [-0.05, 0) is 12.1 Å². The number of hydrogen-bond acceptors (Lipinski definition) is 4. The van der Waals surface area contributed by atoms with Crippen LogP contribution in [0.1, 0.15) is 0 Å². The van der Waals surface area contributed by atoms with Crippen LogP contribution in [0.15, 0.2) is 42.5 Å². The molecule has 0 amide bonds. The highest BCUT2D eigenvalue weighted by molar-refractivity contribution is 5.81. The minimum absolute atomic E-state index is 0.515. The van der Waals surface area contributed by atoms with Gasteiger partial charge in [-0.3, -0.25) is 10.7 Å². The first kappa shape index (κ1) is 12.3. The minimum Gasteiger partial charge on any atom is -0.496 e. The van der Waals surface area contributed by atoms with Crippen LogP contribution in [0.3, 0.4) is 0 Å². The van der Waals surface area contributed by atoms with Crippen molar-refractivity contribution in [3.8, 4) is 22.6 Å². The van der Waals surface area contributed by atoms with E-state index in [-0.39, 0.29) is 0 Å². The van der Waals surface area contributed by atoms with Gasteiger partial charge < -0.3 is 9.47 Å². The van der Waals surface area contributed by atoms with Crippen molar-refractivity contribution < 1.29 is 14.7 Å². The number of rotatable bonds is 4. The van der Waals surface area contributed by atoms with Gasteiger partial charge in [-0.2, -0.15) is 0 Å². The van der Waals surface area contributed by atoms with Crippen LogP contribution in [-0.2, 0) is 0 Å². The van der Waals surface area contributed by atoms with E-state index in [0.717, 1.165) is 16.9 Å². The number of methoxy groups -OCH3 is 2. The lowest BCUT2D eigenvalue weighted by Gasteiger charge is -2.14. The third-order valence-corrected chi connectivity index (χ3v) is 2.74. The Balaban J connectivity index is 2.63. The van der Waals surface area contributed by atoms with E-state index >= 15 is 0 Å². The third-order valence-electron chi connectivity index (χ3n) is 2.74. The highest BCUT2D eigenvalue weighted by Crippen LogP contribution is 2.40. The van der Waals surface area contributed by atoms with Gasteiger partial charge in [-0.25, -0.2) is 0 Å². The Morgan fingerprint density at radius 3 is 2.28 bits per heavy atom. The molecular formula is C14H15NO3. The van der Waals surface area contributed by atoms with Crippen LogP contribution in [-0.4, -0.2) is 19.4 Å². The Hall–Kier alpha value is -2.20. The molecule has 0 aliphatic rings. The average molecular weight is 245 g/mol. The van der Waals surface area contributed by atoms with Crippen molar-refractivity contribution in [3.63, 3.8) is 0 Å². The molecule has 2 aromatic carbocycles. The van der Waals surface area contributed by atoms with Crippen LogP contribution in [0.25, 0.3) is 11.1 Å². The molecule has 0 unspecified atom stereocenters. The van der Waals surface area contributed by atoms with E-state index in [9.17, 15) is 0 Å². The molecule has 2 aromatic rings. The van der Waals surface area contributed by atoms with E-state index in [1.54, 1.807) is 20.3 Å². The number of benzene rings is 2. The van der Waals surface area contributed by atoms with Gasteiger partial charge in [0.15, 0.2) is 5.75 Å². The van der Waals surface area contributed by atoms with Gasteiger partial charge in [0, 0.05) is 11.1 Å². The standard InChI is InChI=1S/C14H15NO3/c1-17-13-9-4-3-6-10(13)11-7-5-8-12(15-16)14(11)18-2/h3-9,15-16H,1-2H3. The van der Waals surface area contributed by atoms with Crippen molar-refractivity contribution in [2.75, 3.05) is 19.7 Å². The summed E-state index contributed by atoms with van der Waals surface area (Å²) < 4.78 is 10.7. The van der Waals surface area contributed by atoms with Crippen molar-refractivity contribution >= 4 is 5.69 Å². The lowest BCUT2D eigenvalue weighted by atomic mass is 10.0. The van der Waals surface area contributed by atoms with E-state index in [4.69, 9.17) is 14.7 Å². The Morgan fingerprint density at radius 1 is 0.889 bits per heavy atom. The molecule has 0 saturated carbocycles. The van der Waals surface area contributed by atoms with Gasteiger partial charge >= 0.3 is 0 Å². The molecule has 0 atom stereocenters. The maximum absolute atomic E-state index is 9.09. The van der Waals surface area contributed by atoms with Gasteiger partial charge in [-0.15, -0.1) is 0 Å².